The zero-order valence-corrected chi connectivity index (χ0v) is 11.1. The SMILES string of the molecule is CC(NCCN(C)C1CC1)c1cc(O)cc(O)c1. The van der Waals surface area contributed by atoms with Crippen molar-refractivity contribution in [2.75, 3.05) is 20.1 Å². The van der Waals surface area contributed by atoms with Gasteiger partial charge in [0.1, 0.15) is 11.5 Å². The molecule has 2 rings (SSSR count). The molecule has 0 radical (unpaired) electrons. The van der Waals surface area contributed by atoms with Crippen molar-refractivity contribution < 1.29 is 10.2 Å². The van der Waals surface area contributed by atoms with Gasteiger partial charge in [0.15, 0.2) is 0 Å². The van der Waals surface area contributed by atoms with Gasteiger partial charge >= 0.3 is 0 Å². The second-order valence-electron chi connectivity index (χ2n) is 5.17. The van der Waals surface area contributed by atoms with Crippen LogP contribution in [0.5, 0.6) is 11.5 Å². The summed E-state index contributed by atoms with van der Waals surface area (Å²) in [6.07, 6.45) is 2.65. The predicted octanol–water partition coefficient (Wildman–Crippen LogP) is 1.84. The van der Waals surface area contributed by atoms with Gasteiger partial charge in [0.25, 0.3) is 0 Å². The predicted molar refractivity (Wildman–Crippen MR) is 71.8 cm³/mol. The summed E-state index contributed by atoms with van der Waals surface area (Å²) in [5, 5.41) is 22.3. The monoisotopic (exact) mass is 250 g/mol. The van der Waals surface area contributed by atoms with Gasteiger partial charge in [0.2, 0.25) is 0 Å². The fraction of sp³-hybridized carbons (Fsp3) is 0.571. The van der Waals surface area contributed by atoms with E-state index in [1.807, 2.05) is 6.92 Å². The largest absolute Gasteiger partial charge is 0.508 e. The van der Waals surface area contributed by atoms with Gasteiger partial charge in [0.05, 0.1) is 0 Å². The number of nitrogens with one attached hydrogen (secondary N) is 1. The number of phenolic OH excluding ortho intramolecular Hbond substituents is 2. The topological polar surface area (TPSA) is 55.7 Å². The number of hydrogen-bond donors (Lipinski definition) is 3. The van der Waals surface area contributed by atoms with Crippen LogP contribution in [0.3, 0.4) is 0 Å². The van der Waals surface area contributed by atoms with Crippen LogP contribution in [0.25, 0.3) is 0 Å². The third-order valence-corrected chi connectivity index (χ3v) is 3.51. The van der Waals surface area contributed by atoms with Crippen LogP contribution < -0.4 is 5.32 Å². The maximum absolute atomic E-state index is 9.44. The van der Waals surface area contributed by atoms with Crippen molar-refractivity contribution in [3.05, 3.63) is 23.8 Å². The summed E-state index contributed by atoms with van der Waals surface area (Å²) < 4.78 is 0. The third-order valence-electron chi connectivity index (χ3n) is 3.51. The van der Waals surface area contributed by atoms with Gasteiger partial charge in [-0.2, -0.15) is 0 Å². The van der Waals surface area contributed by atoms with Gasteiger partial charge in [0, 0.05) is 31.2 Å². The molecule has 0 saturated heterocycles. The van der Waals surface area contributed by atoms with E-state index in [0.29, 0.717) is 0 Å². The molecule has 1 aromatic carbocycles. The van der Waals surface area contributed by atoms with Crippen LogP contribution in [0.15, 0.2) is 18.2 Å². The summed E-state index contributed by atoms with van der Waals surface area (Å²) in [7, 11) is 2.16. The van der Waals surface area contributed by atoms with E-state index < -0.39 is 0 Å². The molecule has 4 nitrogen and oxygen atoms in total. The summed E-state index contributed by atoms with van der Waals surface area (Å²) in [6, 6.07) is 5.61. The maximum Gasteiger partial charge on any atom is 0.119 e. The van der Waals surface area contributed by atoms with E-state index in [-0.39, 0.29) is 17.5 Å². The van der Waals surface area contributed by atoms with Gasteiger partial charge < -0.3 is 20.4 Å². The molecule has 18 heavy (non-hydrogen) atoms. The molecule has 0 amide bonds. The highest BCUT2D eigenvalue weighted by atomic mass is 16.3. The van der Waals surface area contributed by atoms with E-state index in [1.165, 1.54) is 18.9 Å². The first-order valence-corrected chi connectivity index (χ1v) is 6.53. The molecule has 1 aromatic rings. The van der Waals surface area contributed by atoms with Crippen LogP contribution >= 0.6 is 0 Å². The molecular formula is C14H22N2O2. The molecule has 1 saturated carbocycles. The van der Waals surface area contributed by atoms with E-state index in [4.69, 9.17) is 0 Å². The lowest BCUT2D eigenvalue weighted by Crippen LogP contribution is -2.31. The standard InChI is InChI=1S/C14H22N2O2/c1-10(11-7-13(17)9-14(18)8-11)15-5-6-16(2)12-3-4-12/h7-10,12,15,17-18H,3-6H2,1-2H3. The average Bonchev–Trinajstić information content (AvgIpc) is 3.11. The van der Waals surface area contributed by atoms with Crippen molar-refractivity contribution in [2.24, 2.45) is 0 Å². The highest BCUT2D eigenvalue weighted by molar-refractivity contribution is 5.37. The van der Waals surface area contributed by atoms with Crippen LogP contribution in [-0.2, 0) is 0 Å². The van der Waals surface area contributed by atoms with Crippen LogP contribution in [0, 0.1) is 0 Å². The molecule has 3 N–H and O–H groups in total. The summed E-state index contributed by atoms with van der Waals surface area (Å²) in [6.45, 7) is 3.97. The van der Waals surface area contributed by atoms with E-state index >= 15 is 0 Å². The molecule has 0 aliphatic heterocycles. The van der Waals surface area contributed by atoms with Crippen molar-refractivity contribution >= 4 is 0 Å². The Morgan fingerprint density at radius 1 is 1.28 bits per heavy atom. The van der Waals surface area contributed by atoms with Crippen molar-refractivity contribution in [1.82, 2.24) is 10.2 Å². The summed E-state index contributed by atoms with van der Waals surface area (Å²) in [5.74, 6) is 0.211. The minimum absolute atomic E-state index is 0.105. The third kappa shape index (κ3) is 3.62. The van der Waals surface area contributed by atoms with Gasteiger partial charge in [-0.15, -0.1) is 0 Å². The number of likely N-dealkylation sites (N-methyl/N-ethyl adjacent to an activating group) is 1. The molecular weight excluding hydrogens is 228 g/mol. The molecule has 1 aliphatic carbocycles. The Morgan fingerprint density at radius 2 is 1.89 bits per heavy atom. The normalized spacial score (nSPS) is 17.1. The highest BCUT2D eigenvalue weighted by Crippen LogP contribution is 2.26. The van der Waals surface area contributed by atoms with Crippen molar-refractivity contribution in [2.45, 2.75) is 31.8 Å². The zero-order chi connectivity index (χ0) is 13.1. The van der Waals surface area contributed by atoms with E-state index in [0.717, 1.165) is 24.7 Å². The summed E-state index contributed by atoms with van der Waals surface area (Å²) in [4.78, 5) is 2.37. The Labute approximate surface area is 108 Å². The number of hydrogen-bond acceptors (Lipinski definition) is 4. The molecule has 0 bridgehead atoms. The van der Waals surface area contributed by atoms with Gasteiger partial charge in [-0.1, -0.05) is 0 Å². The molecule has 4 heteroatoms. The minimum Gasteiger partial charge on any atom is -0.508 e. The summed E-state index contributed by atoms with van der Waals surface area (Å²) >= 11 is 0. The number of aromatic hydroxyl groups is 2. The van der Waals surface area contributed by atoms with Gasteiger partial charge in [-0.05, 0) is 44.5 Å². The van der Waals surface area contributed by atoms with Gasteiger partial charge in [-0.3, -0.25) is 0 Å². The molecule has 100 valence electrons. The smallest absolute Gasteiger partial charge is 0.119 e. The van der Waals surface area contributed by atoms with Crippen molar-refractivity contribution in [3.63, 3.8) is 0 Å². The second kappa shape index (κ2) is 5.59. The zero-order valence-electron chi connectivity index (χ0n) is 11.1. The fourth-order valence-electron chi connectivity index (χ4n) is 2.14. The van der Waals surface area contributed by atoms with E-state index in [1.54, 1.807) is 12.1 Å². The van der Waals surface area contributed by atoms with Crippen LogP contribution in [-0.4, -0.2) is 41.3 Å². The molecule has 0 aromatic heterocycles. The number of benzene rings is 1. The second-order valence-corrected chi connectivity index (χ2v) is 5.17. The van der Waals surface area contributed by atoms with Crippen LogP contribution in [0.4, 0.5) is 0 Å². The Balaban J connectivity index is 1.81. The molecule has 1 fully saturated rings. The average molecular weight is 250 g/mol. The van der Waals surface area contributed by atoms with Crippen LogP contribution in [0.2, 0.25) is 0 Å². The van der Waals surface area contributed by atoms with Gasteiger partial charge in [-0.25, -0.2) is 0 Å². The highest BCUT2D eigenvalue weighted by Gasteiger charge is 2.25. The summed E-state index contributed by atoms with van der Waals surface area (Å²) in [5.41, 5.74) is 0.904. The maximum atomic E-state index is 9.44. The lowest BCUT2D eigenvalue weighted by atomic mass is 10.1. The lowest BCUT2D eigenvalue weighted by Gasteiger charge is -2.19. The molecule has 0 spiro atoms. The van der Waals surface area contributed by atoms with Crippen LogP contribution in [0.1, 0.15) is 31.4 Å². The first-order valence-electron chi connectivity index (χ1n) is 6.53. The van der Waals surface area contributed by atoms with Crippen molar-refractivity contribution in [1.29, 1.82) is 0 Å². The molecule has 1 aliphatic rings. The molecule has 0 heterocycles. The Morgan fingerprint density at radius 3 is 2.44 bits per heavy atom. The number of phenols is 2. The lowest BCUT2D eigenvalue weighted by molar-refractivity contribution is 0.316. The Bertz CT molecular complexity index is 385. The van der Waals surface area contributed by atoms with Crippen molar-refractivity contribution in [3.8, 4) is 11.5 Å². The Kier molecular flexibility index (Phi) is 4.09. The fourth-order valence-corrected chi connectivity index (χ4v) is 2.14. The molecule has 1 atom stereocenters. The van der Waals surface area contributed by atoms with E-state index in [2.05, 4.69) is 17.3 Å². The number of rotatable bonds is 6. The first-order chi connectivity index (χ1) is 8.56. The minimum atomic E-state index is 0.105. The Hall–Kier alpha value is -1.26. The first kappa shape index (κ1) is 13.2. The quantitative estimate of drug-likeness (QED) is 0.721. The number of nitrogens with zero attached hydrogens (tertiary/aromatic N) is 1. The van der Waals surface area contributed by atoms with E-state index in [9.17, 15) is 10.2 Å². The molecule has 1 unspecified atom stereocenters.